The maximum Gasteiger partial charge on any atom is 0.261 e. The number of imide groups is 1. The van der Waals surface area contributed by atoms with Gasteiger partial charge in [0, 0.05) is 44.8 Å². The minimum absolute atomic E-state index is 0.127. The van der Waals surface area contributed by atoms with E-state index in [0.29, 0.717) is 23.2 Å². The average Bonchev–Trinajstić information content (AvgIpc) is 3.18. The first-order valence-corrected chi connectivity index (χ1v) is 12.9. The van der Waals surface area contributed by atoms with Crippen LogP contribution in [0.25, 0.3) is 0 Å². The van der Waals surface area contributed by atoms with Crippen molar-refractivity contribution in [3.8, 4) is 0 Å². The Bertz CT molecular complexity index is 1260. The van der Waals surface area contributed by atoms with Gasteiger partial charge in [-0.2, -0.15) is 0 Å². The van der Waals surface area contributed by atoms with E-state index in [9.17, 15) is 14.4 Å². The van der Waals surface area contributed by atoms with E-state index in [1.54, 1.807) is 42.5 Å². The number of rotatable bonds is 8. The van der Waals surface area contributed by atoms with Crippen LogP contribution in [0.4, 0.5) is 0 Å². The van der Waals surface area contributed by atoms with Crippen molar-refractivity contribution in [2.75, 3.05) is 32.7 Å². The maximum absolute atomic E-state index is 12.8. The van der Waals surface area contributed by atoms with Gasteiger partial charge in [0.2, 0.25) is 0 Å². The summed E-state index contributed by atoms with van der Waals surface area (Å²) in [7, 11) is 0. The summed E-state index contributed by atoms with van der Waals surface area (Å²) in [6.07, 6.45) is 0. The molecular formula is C30H32N4O3. The van der Waals surface area contributed by atoms with Crippen molar-refractivity contribution in [2.24, 2.45) is 0 Å². The number of carbonyl (C=O) groups excluding carboxylic acids is 3. The van der Waals surface area contributed by atoms with Crippen LogP contribution in [0.3, 0.4) is 0 Å². The van der Waals surface area contributed by atoms with Gasteiger partial charge in [0.1, 0.15) is 0 Å². The number of nitrogens with one attached hydrogen (secondary N) is 1. The van der Waals surface area contributed by atoms with Crippen LogP contribution in [-0.4, -0.2) is 65.1 Å². The minimum Gasteiger partial charge on any atom is -0.348 e. The molecule has 190 valence electrons. The Hall–Kier alpha value is -3.81. The van der Waals surface area contributed by atoms with Crippen LogP contribution >= 0.6 is 0 Å². The second-order valence-electron chi connectivity index (χ2n) is 9.65. The lowest BCUT2D eigenvalue weighted by Gasteiger charge is -2.34. The average molecular weight is 497 g/mol. The van der Waals surface area contributed by atoms with E-state index in [4.69, 9.17) is 0 Å². The first kappa shape index (κ1) is 24.9. The first-order valence-electron chi connectivity index (χ1n) is 12.9. The number of hydrogen-bond donors (Lipinski definition) is 1. The van der Waals surface area contributed by atoms with E-state index in [-0.39, 0.29) is 24.3 Å². The second-order valence-corrected chi connectivity index (χ2v) is 9.65. The first-order chi connectivity index (χ1) is 18.0. The third-order valence-corrected chi connectivity index (χ3v) is 7.20. The smallest absolute Gasteiger partial charge is 0.261 e. The molecule has 3 aromatic rings. The summed E-state index contributed by atoms with van der Waals surface area (Å²) in [6.45, 7) is 9.27. The van der Waals surface area contributed by atoms with Gasteiger partial charge in [-0.15, -0.1) is 0 Å². The molecule has 0 unspecified atom stereocenters. The van der Waals surface area contributed by atoms with Crippen molar-refractivity contribution in [2.45, 2.75) is 26.6 Å². The van der Waals surface area contributed by atoms with Crippen LogP contribution in [0.15, 0.2) is 72.8 Å². The molecular weight excluding hydrogens is 464 g/mol. The molecule has 0 bridgehead atoms. The molecule has 2 aliphatic rings. The highest BCUT2D eigenvalue weighted by Crippen LogP contribution is 2.24. The third-order valence-electron chi connectivity index (χ3n) is 7.20. The lowest BCUT2D eigenvalue weighted by atomic mass is 10.1. The highest BCUT2D eigenvalue weighted by molar-refractivity contribution is 6.21. The molecule has 1 N–H and O–H groups in total. The number of carbonyl (C=O) groups is 3. The van der Waals surface area contributed by atoms with Gasteiger partial charge in [-0.05, 0) is 47.5 Å². The maximum atomic E-state index is 12.8. The van der Waals surface area contributed by atoms with E-state index in [2.05, 4.69) is 46.3 Å². The van der Waals surface area contributed by atoms with Crippen LogP contribution in [0.5, 0.6) is 0 Å². The summed E-state index contributed by atoms with van der Waals surface area (Å²) >= 11 is 0. The predicted molar refractivity (Wildman–Crippen MR) is 142 cm³/mol. The van der Waals surface area contributed by atoms with E-state index in [0.717, 1.165) is 50.4 Å². The summed E-state index contributed by atoms with van der Waals surface area (Å²) in [6, 6.07) is 22.3. The monoisotopic (exact) mass is 496 g/mol. The van der Waals surface area contributed by atoms with Gasteiger partial charge in [0.25, 0.3) is 17.7 Å². The summed E-state index contributed by atoms with van der Waals surface area (Å²) in [4.78, 5) is 44.4. The number of fused-ring (bicyclic) bond motifs is 1. The molecule has 2 heterocycles. The third kappa shape index (κ3) is 5.63. The zero-order chi connectivity index (χ0) is 25.8. The quantitative estimate of drug-likeness (QED) is 0.483. The number of benzene rings is 3. The van der Waals surface area contributed by atoms with Gasteiger partial charge in [0.05, 0.1) is 17.7 Å². The molecule has 0 atom stereocenters. The Morgan fingerprint density at radius 3 is 2.00 bits per heavy atom. The van der Waals surface area contributed by atoms with Crippen molar-refractivity contribution in [3.05, 3.63) is 106 Å². The summed E-state index contributed by atoms with van der Waals surface area (Å²) in [5, 5.41) is 2.98. The van der Waals surface area contributed by atoms with Crippen LogP contribution in [-0.2, 0) is 19.6 Å². The van der Waals surface area contributed by atoms with Crippen molar-refractivity contribution in [3.63, 3.8) is 0 Å². The number of hydrogen-bond acceptors (Lipinski definition) is 5. The molecule has 0 aliphatic carbocycles. The molecule has 1 fully saturated rings. The number of piperazine rings is 1. The normalized spacial score (nSPS) is 16.2. The molecule has 0 spiro atoms. The van der Waals surface area contributed by atoms with Crippen LogP contribution < -0.4 is 5.32 Å². The molecule has 5 rings (SSSR count). The van der Waals surface area contributed by atoms with E-state index < -0.39 is 0 Å². The zero-order valence-corrected chi connectivity index (χ0v) is 21.2. The molecule has 0 aromatic heterocycles. The molecule has 1 saturated heterocycles. The minimum atomic E-state index is -0.304. The van der Waals surface area contributed by atoms with Crippen LogP contribution in [0.1, 0.15) is 54.7 Å². The molecule has 0 saturated carbocycles. The highest BCUT2D eigenvalue weighted by atomic mass is 16.2. The zero-order valence-electron chi connectivity index (χ0n) is 21.2. The topological polar surface area (TPSA) is 73.0 Å². The molecule has 3 amide bonds. The van der Waals surface area contributed by atoms with Gasteiger partial charge in [-0.25, -0.2) is 0 Å². The number of likely N-dealkylation sites (N-methyl/N-ethyl adjacent to an activating group) is 1. The van der Waals surface area contributed by atoms with Gasteiger partial charge in [-0.1, -0.05) is 55.5 Å². The molecule has 7 nitrogen and oxygen atoms in total. The Labute approximate surface area is 217 Å². The molecule has 7 heteroatoms. The van der Waals surface area contributed by atoms with Crippen molar-refractivity contribution < 1.29 is 14.4 Å². The predicted octanol–water partition coefficient (Wildman–Crippen LogP) is 3.55. The van der Waals surface area contributed by atoms with Gasteiger partial charge >= 0.3 is 0 Å². The summed E-state index contributed by atoms with van der Waals surface area (Å²) < 4.78 is 0. The largest absolute Gasteiger partial charge is 0.348 e. The molecule has 2 aliphatic heterocycles. The lowest BCUT2D eigenvalue weighted by molar-refractivity contribution is 0.0642. The van der Waals surface area contributed by atoms with E-state index in [1.807, 2.05) is 6.07 Å². The number of amides is 3. The van der Waals surface area contributed by atoms with Crippen LogP contribution in [0.2, 0.25) is 0 Å². The van der Waals surface area contributed by atoms with Crippen molar-refractivity contribution in [1.29, 1.82) is 0 Å². The molecule has 3 aromatic carbocycles. The van der Waals surface area contributed by atoms with Gasteiger partial charge < -0.3 is 10.2 Å². The summed E-state index contributed by atoms with van der Waals surface area (Å²) in [5.74, 6) is -0.800. The second kappa shape index (κ2) is 11.1. The highest BCUT2D eigenvalue weighted by Gasteiger charge is 2.35. The molecule has 0 radical (unpaired) electrons. The number of nitrogens with zero attached hydrogens (tertiary/aromatic N) is 3. The Morgan fingerprint density at radius 2 is 1.35 bits per heavy atom. The Kier molecular flexibility index (Phi) is 7.44. The van der Waals surface area contributed by atoms with E-state index in [1.165, 1.54) is 10.5 Å². The summed E-state index contributed by atoms with van der Waals surface area (Å²) in [5.41, 5.74) is 4.39. The fourth-order valence-corrected chi connectivity index (χ4v) is 4.94. The van der Waals surface area contributed by atoms with Crippen LogP contribution in [0, 0.1) is 0 Å². The fraction of sp³-hybridized carbons (Fsp3) is 0.300. The Morgan fingerprint density at radius 1 is 0.730 bits per heavy atom. The lowest BCUT2D eigenvalue weighted by Crippen LogP contribution is -2.45. The molecule has 37 heavy (non-hydrogen) atoms. The SMILES string of the molecule is CCN1CCN(Cc2ccc(CNC(=O)c3cccc(CN4C(=O)c5ccccc5C4=O)c3)cc2)CC1. The fourth-order valence-electron chi connectivity index (χ4n) is 4.94. The van der Waals surface area contributed by atoms with Crippen molar-refractivity contribution >= 4 is 17.7 Å². The Balaban J connectivity index is 1.14. The van der Waals surface area contributed by atoms with Gasteiger partial charge in [-0.3, -0.25) is 24.2 Å². The van der Waals surface area contributed by atoms with Gasteiger partial charge in [0.15, 0.2) is 0 Å². The van der Waals surface area contributed by atoms with E-state index >= 15 is 0 Å². The standard InChI is InChI=1S/C30H32N4O3/c1-2-32-14-16-33(17-15-32)20-23-12-10-22(11-13-23)19-31-28(35)25-7-5-6-24(18-25)21-34-29(36)26-8-3-4-9-27(26)30(34)37/h3-13,18H,2,14-17,19-21H2,1H3,(H,31,35). The van der Waals surface area contributed by atoms with Crippen molar-refractivity contribution in [1.82, 2.24) is 20.0 Å².